The summed E-state index contributed by atoms with van der Waals surface area (Å²) in [7, 11) is 0. The third-order valence-electron chi connectivity index (χ3n) is 1.98. The molecular formula is C11H14N4O2S. The fraction of sp³-hybridized carbons (Fsp3) is 0.364. The Labute approximate surface area is 109 Å². The number of allylic oxidation sites excluding steroid dienone is 2. The van der Waals surface area contributed by atoms with E-state index in [-0.39, 0.29) is 23.1 Å². The van der Waals surface area contributed by atoms with Crippen molar-refractivity contribution in [3.63, 3.8) is 0 Å². The molecule has 1 aromatic rings. The summed E-state index contributed by atoms with van der Waals surface area (Å²) >= 11 is 1.38. The molecule has 0 spiro atoms. The summed E-state index contributed by atoms with van der Waals surface area (Å²) in [6, 6.07) is 0. The van der Waals surface area contributed by atoms with Crippen LogP contribution in [0.25, 0.3) is 0 Å². The van der Waals surface area contributed by atoms with Gasteiger partial charge in [-0.25, -0.2) is 9.98 Å². The highest BCUT2D eigenvalue weighted by Gasteiger charge is 2.06. The van der Waals surface area contributed by atoms with Crippen molar-refractivity contribution in [2.24, 2.45) is 4.99 Å². The van der Waals surface area contributed by atoms with Gasteiger partial charge in [-0.2, -0.15) is 9.97 Å². The number of aliphatic imine (C=N–C) groups is 1. The number of Topliss-reactive ketones (excluding diaryl/α,β-unsaturated/α-hetero) is 1. The average molecular weight is 266 g/mol. The molecule has 0 bridgehead atoms. The molecule has 0 amide bonds. The molecule has 96 valence electrons. The van der Waals surface area contributed by atoms with Gasteiger partial charge in [0.05, 0.1) is 5.57 Å². The molecule has 0 fully saturated rings. The highest BCUT2D eigenvalue weighted by Crippen LogP contribution is 2.12. The number of ketones is 1. The SMILES string of the molecule is CSc1nc(C)nc(N=CC(C(C)=O)=C(C)O)n1. The Bertz CT molecular complexity index is 522. The van der Waals surface area contributed by atoms with Crippen molar-refractivity contribution in [2.45, 2.75) is 25.9 Å². The number of hydrogen-bond donors (Lipinski definition) is 1. The molecule has 0 atom stereocenters. The molecule has 18 heavy (non-hydrogen) atoms. The van der Waals surface area contributed by atoms with Crippen molar-refractivity contribution >= 4 is 29.7 Å². The van der Waals surface area contributed by atoms with E-state index in [2.05, 4.69) is 19.9 Å². The molecule has 0 radical (unpaired) electrons. The van der Waals surface area contributed by atoms with Gasteiger partial charge in [0, 0.05) is 6.21 Å². The van der Waals surface area contributed by atoms with Gasteiger partial charge in [0.25, 0.3) is 5.95 Å². The molecule has 0 aliphatic carbocycles. The van der Waals surface area contributed by atoms with Crippen LogP contribution in [-0.2, 0) is 4.79 Å². The number of thioether (sulfide) groups is 1. The van der Waals surface area contributed by atoms with Crippen LogP contribution in [0.1, 0.15) is 19.7 Å². The molecule has 1 aromatic heterocycles. The molecule has 0 saturated carbocycles. The summed E-state index contributed by atoms with van der Waals surface area (Å²) in [6.45, 7) is 4.52. The van der Waals surface area contributed by atoms with E-state index in [9.17, 15) is 9.90 Å². The summed E-state index contributed by atoms with van der Waals surface area (Å²) in [5.41, 5.74) is 0.138. The van der Waals surface area contributed by atoms with E-state index in [0.29, 0.717) is 11.0 Å². The monoisotopic (exact) mass is 266 g/mol. The summed E-state index contributed by atoms with van der Waals surface area (Å²) in [4.78, 5) is 27.4. The van der Waals surface area contributed by atoms with E-state index in [1.165, 1.54) is 31.8 Å². The largest absolute Gasteiger partial charge is 0.512 e. The van der Waals surface area contributed by atoms with Gasteiger partial charge in [-0.3, -0.25) is 4.79 Å². The highest BCUT2D eigenvalue weighted by atomic mass is 32.2. The predicted molar refractivity (Wildman–Crippen MR) is 70.5 cm³/mol. The number of carbonyl (C=O) groups is 1. The third kappa shape index (κ3) is 3.92. The number of nitrogens with zero attached hydrogens (tertiary/aromatic N) is 4. The van der Waals surface area contributed by atoms with Crippen LogP contribution >= 0.6 is 11.8 Å². The van der Waals surface area contributed by atoms with E-state index in [4.69, 9.17) is 0 Å². The van der Waals surface area contributed by atoms with Gasteiger partial charge in [-0.1, -0.05) is 11.8 Å². The molecule has 0 aromatic carbocycles. The molecular weight excluding hydrogens is 252 g/mol. The fourth-order valence-electron chi connectivity index (χ4n) is 1.15. The second kappa shape index (κ2) is 6.25. The maximum atomic E-state index is 11.2. The quantitative estimate of drug-likeness (QED) is 0.388. The van der Waals surface area contributed by atoms with E-state index in [1.54, 1.807) is 6.92 Å². The zero-order valence-electron chi connectivity index (χ0n) is 10.6. The number of aromatic nitrogens is 3. The van der Waals surface area contributed by atoms with Gasteiger partial charge in [0.1, 0.15) is 11.6 Å². The van der Waals surface area contributed by atoms with Crippen molar-refractivity contribution in [1.82, 2.24) is 15.0 Å². The molecule has 0 aliphatic heterocycles. The van der Waals surface area contributed by atoms with E-state index in [1.807, 2.05) is 6.26 Å². The fourth-order valence-corrected chi connectivity index (χ4v) is 1.55. The number of rotatable bonds is 4. The molecule has 1 rings (SSSR count). The Morgan fingerprint density at radius 3 is 2.50 bits per heavy atom. The first-order valence-electron chi connectivity index (χ1n) is 5.15. The van der Waals surface area contributed by atoms with Crippen LogP contribution in [-0.4, -0.2) is 38.3 Å². The molecule has 1 heterocycles. The second-order valence-electron chi connectivity index (χ2n) is 3.48. The van der Waals surface area contributed by atoms with Crippen LogP contribution in [0.15, 0.2) is 21.5 Å². The minimum atomic E-state index is -0.269. The summed E-state index contributed by atoms with van der Waals surface area (Å²) in [5, 5.41) is 9.89. The van der Waals surface area contributed by atoms with Crippen molar-refractivity contribution in [3.8, 4) is 0 Å². The predicted octanol–water partition coefficient (Wildman–Crippen LogP) is 2.03. The van der Waals surface area contributed by atoms with Gasteiger partial charge in [0.2, 0.25) is 0 Å². The van der Waals surface area contributed by atoms with Crippen LogP contribution < -0.4 is 0 Å². The van der Waals surface area contributed by atoms with Gasteiger partial charge in [-0.15, -0.1) is 0 Å². The highest BCUT2D eigenvalue weighted by molar-refractivity contribution is 7.98. The van der Waals surface area contributed by atoms with Crippen molar-refractivity contribution in [2.75, 3.05) is 6.26 Å². The Morgan fingerprint density at radius 1 is 1.33 bits per heavy atom. The molecule has 0 saturated heterocycles. The smallest absolute Gasteiger partial charge is 0.253 e. The number of aryl methyl sites for hydroxylation is 1. The van der Waals surface area contributed by atoms with E-state index < -0.39 is 0 Å². The Balaban J connectivity index is 3.07. The lowest BCUT2D eigenvalue weighted by molar-refractivity contribution is -0.113. The number of aliphatic hydroxyl groups is 1. The average Bonchev–Trinajstić information content (AvgIpc) is 2.27. The maximum absolute atomic E-state index is 11.2. The van der Waals surface area contributed by atoms with Crippen LogP contribution in [0.2, 0.25) is 0 Å². The van der Waals surface area contributed by atoms with Crippen LogP contribution in [0.3, 0.4) is 0 Å². The standard InChI is InChI=1S/C11H14N4O2S/c1-6(16)9(7(2)17)5-12-10-13-8(3)14-11(15-10)18-4/h5,16H,1-4H3. The van der Waals surface area contributed by atoms with Crippen molar-refractivity contribution in [1.29, 1.82) is 0 Å². The Hall–Kier alpha value is -1.76. The van der Waals surface area contributed by atoms with Crippen molar-refractivity contribution in [3.05, 3.63) is 17.2 Å². The minimum Gasteiger partial charge on any atom is -0.512 e. The second-order valence-corrected chi connectivity index (χ2v) is 4.26. The van der Waals surface area contributed by atoms with Gasteiger partial charge in [0.15, 0.2) is 10.9 Å². The molecule has 1 N–H and O–H groups in total. The molecule has 6 nitrogen and oxygen atoms in total. The van der Waals surface area contributed by atoms with Crippen LogP contribution in [0.5, 0.6) is 0 Å². The van der Waals surface area contributed by atoms with Gasteiger partial charge >= 0.3 is 0 Å². The minimum absolute atomic E-state index is 0.0814. The Morgan fingerprint density at radius 2 is 2.00 bits per heavy atom. The first kappa shape index (κ1) is 14.3. The number of carbonyl (C=O) groups excluding carboxylic acids is 1. The van der Waals surface area contributed by atoms with Gasteiger partial charge < -0.3 is 5.11 Å². The van der Waals surface area contributed by atoms with Gasteiger partial charge in [-0.05, 0) is 27.0 Å². The lowest BCUT2D eigenvalue weighted by Crippen LogP contribution is -2.02. The van der Waals surface area contributed by atoms with Crippen molar-refractivity contribution < 1.29 is 9.90 Å². The zero-order valence-corrected chi connectivity index (χ0v) is 11.4. The molecule has 7 heteroatoms. The number of aliphatic hydroxyl groups excluding tert-OH is 1. The zero-order chi connectivity index (χ0) is 13.7. The molecule has 0 unspecified atom stereocenters. The first-order chi connectivity index (χ1) is 8.43. The lowest BCUT2D eigenvalue weighted by Gasteiger charge is -1.99. The maximum Gasteiger partial charge on any atom is 0.253 e. The topological polar surface area (TPSA) is 88.3 Å². The third-order valence-corrected chi connectivity index (χ3v) is 2.52. The summed E-state index contributed by atoms with van der Waals surface area (Å²) in [6.07, 6.45) is 3.11. The summed E-state index contributed by atoms with van der Waals surface area (Å²) in [5.74, 6) is 0.416. The normalized spacial score (nSPS) is 12.7. The van der Waals surface area contributed by atoms with Crippen LogP contribution in [0, 0.1) is 6.92 Å². The molecule has 0 aliphatic rings. The van der Waals surface area contributed by atoms with E-state index in [0.717, 1.165) is 0 Å². The summed E-state index contributed by atoms with van der Waals surface area (Å²) < 4.78 is 0. The Kier molecular flexibility index (Phi) is 4.96. The number of hydrogen-bond acceptors (Lipinski definition) is 7. The first-order valence-corrected chi connectivity index (χ1v) is 6.38. The van der Waals surface area contributed by atoms with Crippen LogP contribution in [0.4, 0.5) is 5.95 Å². The van der Waals surface area contributed by atoms with E-state index >= 15 is 0 Å². The lowest BCUT2D eigenvalue weighted by atomic mass is 10.2.